The minimum Gasteiger partial charge on any atom is -0.0999 e. The summed E-state index contributed by atoms with van der Waals surface area (Å²) in [6.45, 7) is 8.24. The molecular weight excluding hydrogens is 120 g/mol. The third-order valence-electron chi connectivity index (χ3n) is 1.50. The van der Waals surface area contributed by atoms with Crippen LogP contribution < -0.4 is 0 Å². The minimum absolute atomic E-state index is 1.16. The van der Waals surface area contributed by atoms with Crippen LogP contribution in [0.1, 0.15) is 39.5 Å². The Morgan fingerprint density at radius 1 is 1.40 bits per heavy atom. The zero-order valence-electron chi connectivity index (χ0n) is 7.19. The molecule has 0 fully saturated rings. The molecule has 0 bridgehead atoms. The van der Waals surface area contributed by atoms with Crippen LogP contribution in [0.5, 0.6) is 0 Å². The molecule has 0 amide bonds. The second kappa shape index (κ2) is 6.60. The second-order valence-corrected chi connectivity index (χ2v) is 2.61. The van der Waals surface area contributed by atoms with Gasteiger partial charge in [0.1, 0.15) is 0 Å². The van der Waals surface area contributed by atoms with E-state index >= 15 is 0 Å². The van der Waals surface area contributed by atoms with Gasteiger partial charge in [-0.3, -0.25) is 0 Å². The maximum atomic E-state index is 3.98. The van der Waals surface area contributed by atoms with Gasteiger partial charge in [-0.05, 0) is 26.2 Å². The highest BCUT2D eigenvalue weighted by Gasteiger charge is 1.89. The Kier molecular flexibility index (Phi) is 6.25. The normalized spacial score (nSPS) is 10.6. The fraction of sp³-hybridized carbons (Fsp3) is 0.600. The van der Waals surface area contributed by atoms with Gasteiger partial charge < -0.3 is 0 Å². The average molecular weight is 138 g/mol. The van der Waals surface area contributed by atoms with Crippen molar-refractivity contribution >= 4 is 0 Å². The Morgan fingerprint density at radius 3 is 2.60 bits per heavy atom. The van der Waals surface area contributed by atoms with Crippen molar-refractivity contribution in [2.45, 2.75) is 39.5 Å². The molecule has 0 aliphatic rings. The van der Waals surface area contributed by atoms with E-state index in [4.69, 9.17) is 0 Å². The molecule has 0 aliphatic heterocycles. The molecule has 0 nitrogen and oxygen atoms in total. The summed E-state index contributed by atoms with van der Waals surface area (Å²) in [5, 5.41) is 0. The third kappa shape index (κ3) is 5.61. The van der Waals surface area contributed by atoms with Crippen LogP contribution in [0, 0.1) is 0 Å². The fourth-order valence-electron chi connectivity index (χ4n) is 0.933. The van der Waals surface area contributed by atoms with E-state index in [1.165, 1.54) is 18.4 Å². The van der Waals surface area contributed by atoms with Crippen LogP contribution in [0.25, 0.3) is 0 Å². The number of hydrogen-bond donors (Lipinski definition) is 0. The summed E-state index contributed by atoms with van der Waals surface area (Å²) < 4.78 is 0. The molecule has 0 heterocycles. The summed E-state index contributed by atoms with van der Waals surface area (Å²) in [5.74, 6) is 0. The Labute approximate surface area is 64.6 Å². The van der Waals surface area contributed by atoms with Gasteiger partial charge in [0.15, 0.2) is 0 Å². The smallest absolute Gasteiger partial charge is 0.0288 e. The molecule has 0 saturated heterocycles. The zero-order chi connectivity index (χ0) is 7.82. The predicted octanol–water partition coefficient (Wildman–Crippen LogP) is 3.70. The van der Waals surface area contributed by atoms with E-state index in [9.17, 15) is 0 Å². The van der Waals surface area contributed by atoms with E-state index in [1.807, 2.05) is 0 Å². The Morgan fingerprint density at radius 2 is 2.10 bits per heavy atom. The monoisotopic (exact) mass is 138 g/mol. The molecule has 10 heavy (non-hydrogen) atoms. The van der Waals surface area contributed by atoms with Gasteiger partial charge in [0.05, 0.1) is 0 Å². The topological polar surface area (TPSA) is 0 Å². The highest BCUT2D eigenvalue weighted by Crippen LogP contribution is 2.09. The van der Waals surface area contributed by atoms with E-state index in [-0.39, 0.29) is 0 Å². The van der Waals surface area contributed by atoms with Gasteiger partial charge in [0, 0.05) is 0 Å². The molecule has 0 rings (SSSR count). The molecule has 0 aromatic heterocycles. The number of rotatable bonds is 5. The predicted molar refractivity (Wildman–Crippen MR) is 48.1 cm³/mol. The first kappa shape index (κ1) is 9.48. The second-order valence-electron chi connectivity index (χ2n) is 2.61. The van der Waals surface area contributed by atoms with Gasteiger partial charge >= 0.3 is 0 Å². The minimum atomic E-state index is 1.16. The van der Waals surface area contributed by atoms with Crippen molar-refractivity contribution in [2.75, 3.05) is 0 Å². The quantitative estimate of drug-likeness (QED) is 0.508. The van der Waals surface area contributed by atoms with E-state index < -0.39 is 0 Å². The van der Waals surface area contributed by atoms with Gasteiger partial charge in [-0.2, -0.15) is 0 Å². The first-order valence-electron chi connectivity index (χ1n) is 4.09. The van der Waals surface area contributed by atoms with Gasteiger partial charge in [-0.15, -0.1) is 0 Å². The standard InChI is InChI=1S/C10H18/c1-4-6-7-9-10(3)8-5-2/h4,6H,3,5,7-9H2,1-2H3. The molecule has 0 aromatic carbocycles. The van der Waals surface area contributed by atoms with E-state index in [0.29, 0.717) is 0 Å². The first-order chi connectivity index (χ1) is 4.81. The van der Waals surface area contributed by atoms with Gasteiger partial charge in [0.25, 0.3) is 0 Å². The lowest BCUT2D eigenvalue weighted by Gasteiger charge is -1.98. The van der Waals surface area contributed by atoms with Crippen molar-refractivity contribution in [2.24, 2.45) is 0 Å². The summed E-state index contributed by atoms with van der Waals surface area (Å²) in [4.78, 5) is 0. The number of allylic oxidation sites excluding steroid dienone is 3. The van der Waals surface area contributed by atoms with Crippen LogP contribution in [0.15, 0.2) is 24.3 Å². The third-order valence-corrected chi connectivity index (χ3v) is 1.50. The highest BCUT2D eigenvalue weighted by atomic mass is 13.9. The van der Waals surface area contributed by atoms with Crippen LogP contribution in [0.4, 0.5) is 0 Å². The van der Waals surface area contributed by atoms with Gasteiger partial charge in [-0.1, -0.05) is 37.6 Å². The van der Waals surface area contributed by atoms with E-state index in [1.54, 1.807) is 0 Å². The summed E-state index contributed by atoms with van der Waals surface area (Å²) >= 11 is 0. The van der Waals surface area contributed by atoms with Crippen molar-refractivity contribution < 1.29 is 0 Å². The Bertz CT molecular complexity index is 109. The summed E-state index contributed by atoms with van der Waals surface area (Å²) in [7, 11) is 0. The Balaban J connectivity index is 3.21. The maximum Gasteiger partial charge on any atom is -0.0288 e. The molecule has 0 heteroatoms. The molecule has 0 N–H and O–H groups in total. The zero-order valence-corrected chi connectivity index (χ0v) is 7.19. The molecule has 0 atom stereocenters. The highest BCUT2D eigenvalue weighted by molar-refractivity contribution is 4.95. The van der Waals surface area contributed by atoms with Crippen LogP contribution in [0.2, 0.25) is 0 Å². The molecule has 0 aliphatic carbocycles. The summed E-state index contributed by atoms with van der Waals surface area (Å²) in [5.41, 5.74) is 1.39. The van der Waals surface area contributed by atoms with E-state index in [2.05, 4.69) is 32.6 Å². The molecule has 0 spiro atoms. The molecular formula is C10H18. The van der Waals surface area contributed by atoms with Crippen molar-refractivity contribution in [3.63, 3.8) is 0 Å². The number of hydrogen-bond acceptors (Lipinski definition) is 0. The maximum absolute atomic E-state index is 3.98. The summed E-state index contributed by atoms with van der Waals surface area (Å²) in [6.07, 6.45) is 9.04. The van der Waals surface area contributed by atoms with Crippen LogP contribution in [0.3, 0.4) is 0 Å². The first-order valence-corrected chi connectivity index (χ1v) is 4.09. The van der Waals surface area contributed by atoms with Crippen molar-refractivity contribution in [3.8, 4) is 0 Å². The lowest BCUT2D eigenvalue weighted by Crippen LogP contribution is -1.78. The van der Waals surface area contributed by atoms with Crippen molar-refractivity contribution in [1.82, 2.24) is 0 Å². The SMILES string of the molecule is C=C(CCC)CCC=CC. The van der Waals surface area contributed by atoms with Gasteiger partial charge in [-0.25, -0.2) is 0 Å². The molecule has 58 valence electrons. The van der Waals surface area contributed by atoms with E-state index in [0.717, 1.165) is 12.8 Å². The summed E-state index contributed by atoms with van der Waals surface area (Å²) in [6, 6.07) is 0. The van der Waals surface area contributed by atoms with Crippen LogP contribution >= 0.6 is 0 Å². The van der Waals surface area contributed by atoms with Crippen molar-refractivity contribution in [3.05, 3.63) is 24.3 Å². The average Bonchev–Trinajstić information content (AvgIpc) is 1.89. The van der Waals surface area contributed by atoms with Crippen LogP contribution in [-0.2, 0) is 0 Å². The van der Waals surface area contributed by atoms with Crippen molar-refractivity contribution in [1.29, 1.82) is 0 Å². The largest absolute Gasteiger partial charge is 0.0999 e. The molecule has 0 saturated carbocycles. The molecule has 0 unspecified atom stereocenters. The lowest BCUT2D eigenvalue weighted by molar-refractivity contribution is 0.833. The molecule has 0 aromatic rings. The van der Waals surface area contributed by atoms with Crippen LogP contribution in [-0.4, -0.2) is 0 Å². The Hall–Kier alpha value is -0.520. The molecule has 0 radical (unpaired) electrons. The lowest BCUT2D eigenvalue weighted by atomic mass is 10.1. The van der Waals surface area contributed by atoms with Gasteiger partial charge in [0.2, 0.25) is 0 Å². The fourth-order valence-corrected chi connectivity index (χ4v) is 0.933.